The van der Waals surface area contributed by atoms with E-state index in [1.807, 2.05) is 0 Å². The molecule has 16 nitrogen and oxygen atoms in total. The van der Waals surface area contributed by atoms with Crippen molar-refractivity contribution in [1.82, 2.24) is 16.0 Å². The van der Waals surface area contributed by atoms with E-state index in [0.717, 1.165) is 70.6 Å². The van der Waals surface area contributed by atoms with Crippen LogP contribution in [0.4, 0.5) is 0 Å². The molecule has 0 spiro atoms. The molecule has 0 aliphatic heterocycles. The number of hydrogen-bond acceptors (Lipinski definition) is 8. The fourth-order valence-electron chi connectivity index (χ4n) is 4.74. The maximum Gasteiger partial charge on any atom is 0.326 e. The lowest BCUT2D eigenvalue weighted by Crippen LogP contribution is -2.45. The van der Waals surface area contributed by atoms with Crippen molar-refractivity contribution >= 4 is 47.5 Å². The molecular weight excluding hydrogens is 620 g/mol. The average Bonchev–Trinajstić information content (AvgIpc) is 2.98. The molecule has 3 atom stereocenters. The third-order valence-electron chi connectivity index (χ3n) is 7.44. The van der Waals surface area contributed by atoms with Gasteiger partial charge in [-0.3, -0.25) is 24.0 Å². The first kappa shape index (κ1) is 42.8. The van der Waals surface area contributed by atoms with Crippen LogP contribution >= 0.6 is 0 Å². The maximum absolute atomic E-state index is 12.3. The smallest absolute Gasteiger partial charge is 0.326 e. The average molecular weight is 673 g/mol. The van der Waals surface area contributed by atoms with Crippen molar-refractivity contribution in [2.45, 2.75) is 147 Å². The van der Waals surface area contributed by atoms with Crippen LogP contribution < -0.4 is 21.7 Å². The number of rotatable bonds is 30. The van der Waals surface area contributed by atoms with E-state index in [0.29, 0.717) is 6.42 Å². The Balaban J connectivity index is 4.29. The number of primary amides is 1. The largest absolute Gasteiger partial charge is 0.481 e. The third-order valence-corrected chi connectivity index (χ3v) is 7.44. The molecule has 0 unspecified atom stereocenters. The highest BCUT2D eigenvalue weighted by molar-refractivity contribution is 5.87. The Hall–Kier alpha value is -4.24. The van der Waals surface area contributed by atoms with Crippen LogP contribution in [0.3, 0.4) is 0 Å². The van der Waals surface area contributed by atoms with Crippen LogP contribution in [0.25, 0.3) is 0 Å². The van der Waals surface area contributed by atoms with Crippen LogP contribution in [0.15, 0.2) is 0 Å². The number of nitrogens with one attached hydrogen (secondary N) is 3. The first-order chi connectivity index (χ1) is 22.2. The highest BCUT2D eigenvalue weighted by Crippen LogP contribution is 2.13. The molecule has 0 aromatic rings. The van der Waals surface area contributed by atoms with Crippen molar-refractivity contribution in [2.24, 2.45) is 5.73 Å². The van der Waals surface area contributed by atoms with Gasteiger partial charge in [0.25, 0.3) is 0 Å². The number of unbranched alkanes of at least 4 members (excludes halogenated alkanes) is 11. The zero-order valence-corrected chi connectivity index (χ0v) is 27.0. The van der Waals surface area contributed by atoms with E-state index in [4.69, 9.17) is 15.9 Å². The van der Waals surface area contributed by atoms with E-state index in [1.54, 1.807) is 0 Å². The van der Waals surface area contributed by atoms with Gasteiger partial charge < -0.3 is 42.1 Å². The summed E-state index contributed by atoms with van der Waals surface area (Å²) >= 11 is 0. The van der Waals surface area contributed by atoms with E-state index < -0.39 is 78.5 Å². The van der Waals surface area contributed by atoms with Gasteiger partial charge >= 0.3 is 23.9 Å². The predicted octanol–water partition coefficient (Wildman–Crippen LogP) is 2.07. The summed E-state index contributed by atoms with van der Waals surface area (Å²) in [6.07, 6.45) is 10.0. The van der Waals surface area contributed by atoms with Crippen LogP contribution in [-0.2, 0) is 38.4 Å². The minimum atomic E-state index is -1.51. The molecule has 47 heavy (non-hydrogen) atoms. The van der Waals surface area contributed by atoms with Crippen LogP contribution in [0.2, 0.25) is 0 Å². The van der Waals surface area contributed by atoms with Crippen LogP contribution in [0.1, 0.15) is 128 Å². The molecule has 4 amide bonds. The number of aliphatic carboxylic acids is 4. The van der Waals surface area contributed by atoms with Crippen LogP contribution in [0.5, 0.6) is 0 Å². The molecule has 268 valence electrons. The monoisotopic (exact) mass is 672 g/mol. The summed E-state index contributed by atoms with van der Waals surface area (Å²) in [4.78, 5) is 92.5. The van der Waals surface area contributed by atoms with Gasteiger partial charge in [0.2, 0.25) is 23.6 Å². The van der Waals surface area contributed by atoms with E-state index in [1.165, 1.54) is 0 Å². The number of nitrogens with two attached hydrogens (primary N) is 1. The first-order valence-corrected chi connectivity index (χ1v) is 16.3. The molecule has 0 rings (SSSR count). The molecule has 16 heteroatoms. The third kappa shape index (κ3) is 24.6. The maximum atomic E-state index is 12.3. The van der Waals surface area contributed by atoms with Crippen molar-refractivity contribution in [3.05, 3.63) is 0 Å². The summed E-state index contributed by atoms with van der Waals surface area (Å²) in [6, 6.07) is -4.27. The van der Waals surface area contributed by atoms with Gasteiger partial charge in [-0.1, -0.05) is 64.2 Å². The SMILES string of the molecule is NC(=O)CC[C@H](NC(=O)CC[C@H](NC(=O)CC[C@H](NC(=O)CCCCCCCCCCCCCCC(=O)O)C(=O)O)C(=O)O)C(=O)O. The van der Waals surface area contributed by atoms with Gasteiger partial charge in [-0.15, -0.1) is 0 Å². The zero-order valence-electron chi connectivity index (χ0n) is 27.0. The second-order valence-corrected chi connectivity index (χ2v) is 11.6. The van der Waals surface area contributed by atoms with Crippen LogP contribution in [0, 0.1) is 0 Å². The molecule has 0 heterocycles. The molecular formula is C31H52N4O12. The number of amides is 4. The Bertz CT molecular complexity index is 1040. The predicted molar refractivity (Wildman–Crippen MR) is 168 cm³/mol. The molecule has 0 aliphatic rings. The lowest BCUT2D eigenvalue weighted by Gasteiger charge is -2.18. The lowest BCUT2D eigenvalue weighted by molar-refractivity contribution is -0.144. The molecule has 0 saturated carbocycles. The minimum Gasteiger partial charge on any atom is -0.481 e. The summed E-state index contributed by atoms with van der Waals surface area (Å²) < 4.78 is 0. The second kappa shape index (κ2) is 25.9. The van der Waals surface area contributed by atoms with Gasteiger partial charge in [0.15, 0.2) is 0 Å². The molecule has 0 fully saturated rings. The van der Waals surface area contributed by atoms with Gasteiger partial charge in [-0.25, -0.2) is 14.4 Å². The lowest BCUT2D eigenvalue weighted by atomic mass is 10.0. The summed E-state index contributed by atoms with van der Waals surface area (Å²) in [6.45, 7) is 0. The Labute approximate surface area is 274 Å². The molecule has 0 aromatic heterocycles. The van der Waals surface area contributed by atoms with E-state index in [-0.39, 0.29) is 38.5 Å². The Kier molecular flexibility index (Phi) is 23.6. The van der Waals surface area contributed by atoms with E-state index in [9.17, 15) is 48.6 Å². The van der Waals surface area contributed by atoms with Crippen LogP contribution in [-0.4, -0.2) is 86.1 Å². The molecule has 0 bridgehead atoms. The molecule has 0 aliphatic carbocycles. The van der Waals surface area contributed by atoms with Gasteiger partial charge in [0.1, 0.15) is 18.1 Å². The van der Waals surface area contributed by atoms with Crippen molar-refractivity contribution in [2.75, 3.05) is 0 Å². The number of hydrogen-bond donors (Lipinski definition) is 8. The number of carbonyl (C=O) groups is 8. The van der Waals surface area contributed by atoms with Gasteiger partial charge in [0, 0.05) is 32.1 Å². The van der Waals surface area contributed by atoms with Crippen molar-refractivity contribution < 1.29 is 58.8 Å². The Morgan fingerprint density at radius 3 is 0.979 bits per heavy atom. The number of carboxylic acid groups (broad SMARTS) is 4. The van der Waals surface area contributed by atoms with E-state index >= 15 is 0 Å². The molecule has 0 saturated heterocycles. The highest BCUT2D eigenvalue weighted by Gasteiger charge is 2.26. The zero-order chi connectivity index (χ0) is 35.6. The summed E-state index contributed by atoms with van der Waals surface area (Å²) in [5, 5.41) is 43.4. The standard InChI is InChI=1S/C31H52N4O12/c32-24(36)18-15-21(29(42)43)34-26(38)20-17-23(31(46)47)35-27(39)19-16-22(30(44)45)33-25(37)13-11-9-7-5-3-1-2-4-6-8-10-12-14-28(40)41/h21-23H,1-20H2,(H2,32,36)(H,33,37)(H,34,38)(H,35,39)(H,40,41)(H,42,43)(H,44,45)(H,46,47)/t21-,22-,23-/m0/s1. The van der Waals surface area contributed by atoms with Gasteiger partial charge in [-0.05, 0) is 32.1 Å². The topological polar surface area (TPSA) is 280 Å². The minimum absolute atomic E-state index is 0.131. The molecule has 0 radical (unpaired) electrons. The molecule has 9 N–H and O–H groups in total. The number of carbonyl (C=O) groups excluding carboxylic acids is 4. The Morgan fingerprint density at radius 1 is 0.404 bits per heavy atom. The van der Waals surface area contributed by atoms with E-state index in [2.05, 4.69) is 16.0 Å². The van der Waals surface area contributed by atoms with Gasteiger partial charge in [-0.2, -0.15) is 0 Å². The molecule has 0 aromatic carbocycles. The van der Waals surface area contributed by atoms with Crippen molar-refractivity contribution in [1.29, 1.82) is 0 Å². The highest BCUT2D eigenvalue weighted by atomic mass is 16.4. The van der Waals surface area contributed by atoms with Crippen molar-refractivity contribution in [3.63, 3.8) is 0 Å². The second-order valence-electron chi connectivity index (χ2n) is 11.6. The summed E-state index contributed by atoms with van der Waals surface area (Å²) in [7, 11) is 0. The first-order valence-electron chi connectivity index (χ1n) is 16.3. The fourth-order valence-corrected chi connectivity index (χ4v) is 4.74. The summed E-state index contributed by atoms with van der Waals surface area (Å²) in [5.41, 5.74) is 4.98. The number of carboxylic acids is 4. The fraction of sp³-hybridized carbons (Fsp3) is 0.742. The Morgan fingerprint density at radius 2 is 0.681 bits per heavy atom. The normalized spacial score (nSPS) is 12.7. The van der Waals surface area contributed by atoms with Crippen molar-refractivity contribution in [3.8, 4) is 0 Å². The van der Waals surface area contributed by atoms with Gasteiger partial charge in [0.05, 0.1) is 0 Å². The quantitative estimate of drug-likeness (QED) is 0.0509. The summed E-state index contributed by atoms with van der Waals surface area (Å²) in [5.74, 6) is -7.80.